The Morgan fingerprint density at radius 2 is 2.21 bits per heavy atom. The second-order valence-corrected chi connectivity index (χ2v) is 6.87. The van der Waals surface area contributed by atoms with Crippen molar-refractivity contribution < 1.29 is 9.72 Å². The van der Waals surface area contributed by atoms with Crippen LogP contribution in [0, 0.1) is 10.1 Å². The summed E-state index contributed by atoms with van der Waals surface area (Å²) >= 11 is 8.49. The molecular formula is C14H9ClN4O3S2. The van der Waals surface area contributed by atoms with Gasteiger partial charge in [0.1, 0.15) is 21.9 Å². The highest BCUT2D eigenvalue weighted by molar-refractivity contribution is 8.00. The Balaban J connectivity index is 1.70. The maximum absolute atomic E-state index is 12.1. The summed E-state index contributed by atoms with van der Waals surface area (Å²) in [4.78, 5) is 31.7. The highest BCUT2D eigenvalue weighted by atomic mass is 35.5. The highest BCUT2D eigenvalue weighted by Crippen LogP contribution is 2.29. The largest absolute Gasteiger partial charge is 0.320 e. The van der Waals surface area contributed by atoms with Crippen LogP contribution in [0.4, 0.5) is 11.4 Å². The molecule has 0 aliphatic carbocycles. The van der Waals surface area contributed by atoms with Crippen LogP contribution in [-0.4, -0.2) is 26.6 Å². The van der Waals surface area contributed by atoms with Crippen molar-refractivity contribution in [3.05, 3.63) is 51.1 Å². The van der Waals surface area contributed by atoms with Crippen molar-refractivity contribution in [3.8, 4) is 0 Å². The first-order valence-electron chi connectivity index (χ1n) is 6.59. The molecule has 0 saturated heterocycles. The van der Waals surface area contributed by atoms with Gasteiger partial charge in [0, 0.05) is 16.5 Å². The lowest BCUT2D eigenvalue weighted by atomic mass is 10.2. The number of anilines is 1. The Bertz CT molecular complexity index is 931. The molecule has 0 fully saturated rings. The summed E-state index contributed by atoms with van der Waals surface area (Å²) in [5.41, 5.74) is -0.138. The van der Waals surface area contributed by atoms with Gasteiger partial charge in [-0.15, -0.1) is 11.3 Å². The maximum Gasteiger partial charge on any atom is 0.294 e. The van der Waals surface area contributed by atoms with E-state index in [1.807, 2.05) is 11.4 Å². The summed E-state index contributed by atoms with van der Waals surface area (Å²) in [6.45, 7) is 0. The first-order valence-corrected chi connectivity index (χ1v) is 8.83. The Labute approximate surface area is 149 Å². The number of benzene rings is 1. The Hall–Kier alpha value is -2.23. The van der Waals surface area contributed by atoms with Gasteiger partial charge in [-0.2, -0.15) is 0 Å². The topological polar surface area (TPSA) is 98.0 Å². The van der Waals surface area contributed by atoms with E-state index in [1.54, 1.807) is 0 Å². The zero-order valence-corrected chi connectivity index (χ0v) is 14.3. The second kappa shape index (κ2) is 7.12. The summed E-state index contributed by atoms with van der Waals surface area (Å²) in [7, 11) is 0. The Kier molecular flexibility index (Phi) is 4.93. The van der Waals surface area contributed by atoms with Crippen LogP contribution in [0.2, 0.25) is 5.02 Å². The van der Waals surface area contributed by atoms with E-state index < -0.39 is 4.92 Å². The molecule has 0 radical (unpaired) electrons. The molecule has 2 aromatic heterocycles. The van der Waals surface area contributed by atoms with E-state index in [1.165, 1.54) is 47.6 Å². The predicted molar refractivity (Wildman–Crippen MR) is 94.9 cm³/mol. The van der Waals surface area contributed by atoms with Gasteiger partial charge in [-0.3, -0.25) is 14.9 Å². The van der Waals surface area contributed by atoms with Gasteiger partial charge in [-0.05, 0) is 23.6 Å². The summed E-state index contributed by atoms with van der Waals surface area (Å²) < 4.78 is 0. The Morgan fingerprint density at radius 3 is 3.00 bits per heavy atom. The molecule has 0 aliphatic rings. The number of nitro benzene ring substituents is 1. The number of fused-ring (bicyclic) bond motifs is 1. The van der Waals surface area contributed by atoms with Crippen molar-refractivity contribution in [2.24, 2.45) is 0 Å². The van der Waals surface area contributed by atoms with Gasteiger partial charge in [-0.25, -0.2) is 9.97 Å². The fraction of sp³-hybridized carbons (Fsp3) is 0.0714. The summed E-state index contributed by atoms with van der Waals surface area (Å²) in [5.74, 6) is -0.297. The lowest BCUT2D eigenvalue weighted by Gasteiger charge is -2.06. The van der Waals surface area contributed by atoms with Gasteiger partial charge in [-0.1, -0.05) is 23.4 Å². The van der Waals surface area contributed by atoms with Crippen molar-refractivity contribution in [2.45, 2.75) is 5.03 Å². The van der Waals surface area contributed by atoms with Crippen molar-refractivity contribution in [1.82, 2.24) is 9.97 Å². The average Bonchev–Trinajstić information content (AvgIpc) is 3.03. The quantitative estimate of drug-likeness (QED) is 0.311. The number of rotatable bonds is 5. The molecule has 3 rings (SSSR count). The molecule has 1 aromatic carbocycles. The lowest BCUT2D eigenvalue weighted by molar-refractivity contribution is -0.383. The fourth-order valence-corrected chi connectivity index (χ4v) is 3.71. The normalized spacial score (nSPS) is 10.7. The van der Waals surface area contributed by atoms with Crippen molar-refractivity contribution in [2.75, 3.05) is 11.1 Å². The van der Waals surface area contributed by atoms with Crippen LogP contribution in [0.5, 0.6) is 0 Å². The second-order valence-electron chi connectivity index (χ2n) is 4.57. The summed E-state index contributed by atoms with van der Waals surface area (Å²) in [6, 6.07) is 5.98. The summed E-state index contributed by atoms with van der Waals surface area (Å²) in [6.07, 6.45) is 1.45. The van der Waals surface area contributed by atoms with Crippen LogP contribution in [0.15, 0.2) is 41.0 Å². The molecule has 2 heterocycles. The van der Waals surface area contributed by atoms with Gasteiger partial charge < -0.3 is 5.32 Å². The molecule has 7 nitrogen and oxygen atoms in total. The molecule has 1 amide bonds. The molecule has 0 aliphatic heterocycles. The number of carbonyl (C=O) groups is 1. The molecule has 122 valence electrons. The number of aromatic nitrogens is 2. The number of thioether (sulfide) groups is 1. The minimum Gasteiger partial charge on any atom is -0.320 e. The van der Waals surface area contributed by atoms with Crippen LogP contribution in [0.3, 0.4) is 0 Å². The number of nitro groups is 1. The van der Waals surface area contributed by atoms with Crippen molar-refractivity contribution in [3.63, 3.8) is 0 Å². The first-order chi connectivity index (χ1) is 11.5. The minimum atomic E-state index is -0.589. The number of hydrogen-bond donors (Lipinski definition) is 1. The van der Waals surface area contributed by atoms with Crippen LogP contribution in [-0.2, 0) is 4.79 Å². The van der Waals surface area contributed by atoms with Gasteiger partial charge in [0.25, 0.3) is 5.69 Å². The zero-order chi connectivity index (χ0) is 17.1. The standard InChI is InChI=1S/C14H9ClN4O3S2/c15-8-1-2-10(11(5-8)19(21)22)18-12(20)6-24-14-9-3-4-23-13(9)16-7-17-14/h1-5,7H,6H2,(H,18,20). The third-order valence-corrected chi connectivity index (χ3v) is 5.06. The number of hydrogen-bond acceptors (Lipinski definition) is 7. The van der Waals surface area contributed by atoms with E-state index in [2.05, 4.69) is 15.3 Å². The lowest BCUT2D eigenvalue weighted by Crippen LogP contribution is -2.15. The Morgan fingerprint density at radius 1 is 1.38 bits per heavy atom. The van der Waals surface area contributed by atoms with Gasteiger partial charge >= 0.3 is 0 Å². The van der Waals surface area contributed by atoms with Gasteiger partial charge in [0.2, 0.25) is 5.91 Å². The van der Waals surface area contributed by atoms with Crippen LogP contribution < -0.4 is 5.32 Å². The van der Waals surface area contributed by atoms with E-state index in [4.69, 9.17) is 11.6 Å². The molecule has 0 spiro atoms. The van der Waals surface area contributed by atoms with E-state index in [9.17, 15) is 14.9 Å². The smallest absolute Gasteiger partial charge is 0.294 e. The van der Waals surface area contributed by atoms with Crippen molar-refractivity contribution >= 4 is 62.2 Å². The molecule has 0 saturated carbocycles. The molecule has 10 heteroatoms. The summed E-state index contributed by atoms with van der Waals surface area (Å²) in [5, 5.41) is 17.3. The zero-order valence-electron chi connectivity index (χ0n) is 11.9. The van der Waals surface area contributed by atoms with E-state index in [0.29, 0.717) is 5.03 Å². The number of nitrogens with zero attached hydrogens (tertiary/aromatic N) is 3. The average molecular weight is 381 g/mol. The van der Waals surface area contributed by atoms with Crippen molar-refractivity contribution in [1.29, 1.82) is 0 Å². The molecule has 0 unspecified atom stereocenters. The maximum atomic E-state index is 12.1. The van der Waals surface area contributed by atoms with E-state index in [0.717, 1.165) is 10.2 Å². The predicted octanol–water partition coefficient (Wildman–Crippen LogP) is 3.98. The molecule has 0 atom stereocenters. The highest BCUT2D eigenvalue weighted by Gasteiger charge is 2.17. The van der Waals surface area contributed by atoms with Crippen LogP contribution >= 0.6 is 34.7 Å². The first kappa shape index (κ1) is 16.6. The minimum absolute atomic E-state index is 0.0712. The number of thiophene rings is 1. The third-order valence-electron chi connectivity index (χ3n) is 3.00. The van der Waals surface area contributed by atoms with E-state index in [-0.39, 0.29) is 28.1 Å². The number of nitrogens with one attached hydrogen (secondary N) is 1. The number of carbonyl (C=O) groups excluding carboxylic acids is 1. The van der Waals surface area contributed by atoms with Crippen LogP contribution in [0.1, 0.15) is 0 Å². The SMILES string of the molecule is O=C(CSc1ncnc2sccc12)Nc1ccc(Cl)cc1[N+](=O)[O-]. The van der Waals surface area contributed by atoms with E-state index >= 15 is 0 Å². The van der Waals surface area contributed by atoms with Crippen LogP contribution in [0.25, 0.3) is 10.2 Å². The molecule has 0 bridgehead atoms. The fourth-order valence-electron chi connectivity index (χ4n) is 1.96. The molecule has 24 heavy (non-hydrogen) atoms. The van der Waals surface area contributed by atoms with Gasteiger partial charge in [0.15, 0.2) is 0 Å². The number of halogens is 1. The van der Waals surface area contributed by atoms with Gasteiger partial charge in [0.05, 0.1) is 10.7 Å². The molecule has 3 aromatic rings. The monoisotopic (exact) mass is 380 g/mol. The number of amides is 1. The molecule has 1 N–H and O–H groups in total. The third kappa shape index (κ3) is 3.64. The molecular weight excluding hydrogens is 372 g/mol.